The second kappa shape index (κ2) is 11.1. The lowest BCUT2D eigenvalue weighted by Gasteiger charge is -2.12. The van der Waals surface area contributed by atoms with Crippen LogP contribution in [0.15, 0.2) is 53.3 Å². The lowest BCUT2D eigenvalue weighted by atomic mass is 10.1. The van der Waals surface area contributed by atoms with Gasteiger partial charge < -0.3 is 4.74 Å². The summed E-state index contributed by atoms with van der Waals surface area (Å²) in [5, 5.41) is 5.17. The molecule has 0 radical (unpaired) electrons. The van der Waals surface area contributed by atoms with Crippen LogP contribution in [0.4, 0.5) is 0 Å². The van der Waals surface area contributed by atoms with Gasteiger partial charge in [-0.05, 0) is 36.6 Å². The first-order valence-electron chi connectivity index (χ1n) is 10.8. The summed E-state index contributed by atoms with van der Waals surface area (Å²) in [5.41, 5.74) is 5.72. The van der Waals surface area contributed by atoms with Crippen LogP contribution in [0.25, 0.3) is 10.8 Å². The third-order valence-corrected chi connectivity index (χ3v) is 5.17. The lowest BCUT2D eigenvalue weighted by Crippen LogP contribution is -2.43. The minimum absolute atomic E-state index is 0.104. The zero-order valence-corrected chi connectivity index (χ0v) is 18.4. The molecular weight excluding hydrogens is 408 g/mol. The van der Waals surface area contributed by atoms with Crippen molar-refractivity contribution in [2.45, 2.75) is 45.6 Å². The van der Waals surface area contributed by atoms with Gasteiger partial charge in [0, 0.05) is 18.4 Å². The maximum atomic E-state index is 12.8. The largest absolute Gasteiger partial charge is 0.497 e. The molecule has 0 saturated carbocycles. The summed E-state index contributed by atoms with van der Waals surface area (Å²) in [6.07, 6.45) is 3.50. The summed E-state index contributed by atoms with van der Waals surface area (Å²) in [6.45, 7) is 2.51. The molecule has 0 bridgehead atoms. The Kier molecular flexibility index (Phi) is 7.96. The summed E-state index contributed by atoms with van der Waals surface area (Å²) >= 11 is 0. The Labute approximate surface area is 186 Å². The normalized spacial score (nSPS) is 10.7. The number of hydrogen-bond acceptors (Lipinski definition) is 5. The molecule has 0 fully saturated rings. The van der Waals surface area contributed by atoms with E-state index in [4.69, 9.17) is 4.74 Å². The van der Waals surface area contributed by atoms with Gasteiger partial charge in [0.2, 0.25) is 5.91 Å². The number of unbranched alkanes of at least 4 members (excludes halogenated alkanes) is 2. The van der Waals surface area contributed by atoms with Crippen LogP contribution in [0.2, 0.25) is 0 Å². The van der Waals surface area contributed by atoms with E-state index in [1.165, 1.54) is 4.68 Å². The Morgan fingerprint density at radius 2 is 1.72 bits per heavy atom. The number of carbonyl (C=O) groups is 2. The van der Waals surface area contributed by atoms with Crippen molar-refractivity contribution in [2.75, 3.05) is 7.11 Å². The van der Waals surface area contributed by atoms with E-state index in [2.05, 4.69) is 22.9 Å². The van der Waals surface area contributed by atoms with Crippen molar-refractivity contribution in [1.82, 2.24) is 20.6 Å². The smallest absolute Gasteiger partial charge is 0.290 e. The van der Waals surface area contributed by atoms with Gasteiger partial charge in [-0.1, -0.05) is 50.1 Å². The maximum absolute atomic E-state index is 12.8. The van der Waals surface area contributed by atoms with Crippen molar-refractivity contribution >= 4 is 22.6 Å². The molecule has 8 nitrogen and oxygen atoms in total. The Morgan fingerprint density at radius 3 is 2.41 bits per heavy atom. The van der Waals surface area contributed by atoms with Crippen molar-refractivity contribution < 1.29 is 14.3 Å². The molecule has 3 aromatic rings. The third-order valence-electron chi connectivity index (χ3n) is 5.17. The molecule has 32 heavy (non-hydrogen) atoms. The average molecular weight is 437 g/mol. The minimum atomic E-state index is -0.566. The molecule has 0 saturated heterocycles. The molecule has 8 heteroatoms. The highest BCUT2D eigenvalue weighted by atomic mass is 16.5. The highest BCUT2D eigenvalue weighted by Gasteiger charge is 2.17. The highest BCUT2D eigenvalue weighted by Crippen LogP contribution is 2.14. The van der Waals surface area contributed by atoms with Crippen molar-refractivity contribution in [3.8, 4) is 5.75 Å². The molecule has 0 aliphatic rings. The zero-order valence-electron chi connectivity index (χ0n) is 18.4. The number of hydrazine groups is 1. The fraction of sp³-hybridized carbons (Fsp3) is 0.333. The van der Waals surface area contributed by atoms with Crippen LogP contribution in [0.5, 0.6) is 5.75 Å². The number of nitrogens with one attached hydrogen (secondary N) is 2. The van der Waals surface area contributed by atoms with E-state index in [1.807, 2.05) is 24.3 Å². The Bertz CT molecular complexity index is 1140. The quantitative estimate of drug-likeness (QED) is 0.397. The van der Waals surface area contributed by atoms with E-state index in [9.17, 15) is 14.4 Å². The molecule has 1 heterocycles. The van der Waals surface area contributed by atoms with Crippen molar-refractivity contribution in [3.63, 3.8) is 0 Å². The first-order chi connectivity index (χ1) is 15.5. The van der Waals surface area contributed by atoms with Crippen LogP contribution in [-0.4, -0.2) is 28.7 Å². The van der Waals surface area contributed by atoms with Gasteiger partial charge in [-0.15, -0.1) is 0 Å². The third kappa shape index (κ3) is 5.72. The SMILES string of the molecule is CCCCCn1nc(C(=O)NNC(=O)CCc2ccc(OC)cc2)c2ccccc2c1=O. The molecule has 0 aliphatic heterocycles. The molecule has 2 aromatic carbocycles. The summed E-state index contributed by atoms with van der Waals surface area (Å²) in [7, 11) is 1.60. The number of amides is 2. The average Bonchev–Trinajstić information content (AvgIpc) is 2.83. The first kappa shape index (κ1) is 23.0. The van der Waals surface area contributed by atoms with Crippen LogP contribution in [-0.2, 0) is 17.8 Å². The van der Waals surface area contributed by atoms with E-state index in [1.54, 1.807) is 31.4 Å². The van der Waals surface area contributed by atoms with Crippen molar-refractivity contribution in [1.29, 1.82) is 0 Å². The molecule has 168 valence electrons. The Balaban J connectivity index is 1.66. The molecule has 0 spiro atoms. The number of ether oxygens (including phenoxy) is 1. The van der Waals surface area contributed by atoms with Crippen LogP contribution < -0.4 is 21.1 Å². The fourth-order valence-corrected chi connectivity index (χ4v) is 3.36. The lowest BCUT2D eigenvalue weighted by molar-refractivity contribution is -0.121. The zero-order chi connectivity index (χ0) is 22.9. The number of benzene rings is 2. The molecule has 0 atom stereocenters. The second-order valence-corrected chi connectivity index (χ2v) is 7.48. The minimum Gasteiger partial charge on any atom is -0.497 e. The topological polar surface area (TPSA) is 102 Å². The summed E-state index contributed by atoms with van der Waals surface area (Å²) < 4.78 is 6.45. The number of aromatic nitrogens is 2. The van der Waals surface area contributed by atoms with Gasteiger partial charge in [0.05, 0.1) is 12.5 Å². The van der Waals surface area contributed by atoms with Crippen LogP contribution >= 0.6 is 0 Å². The van der Waals surface area contributed by atoms with Gasteiger partial charge in [0.1, 0.15) is 5.75 Å². The fourth-order valence-electron chi connectivity index (χ4n) is 3.36. The molecular formula is C24H28N4O4. The van der Waals surface area contributed by atoms with Crippen molar-refractivity contribution in [3.05, 3.63) is 70.1 Å². The predicted molar refractivity (Wildman–Crippen MR) is 122 cm³/mol. The number of nitrogens with zero attached hydrogens (tertiary/aromatic N) is 2. The number of hydrogen-bond donors (Lipinski definition) is 2. The van der Waals surface area contributed by atoms with Gasteiger partial charge in [0.15, 0.2) is 5.69 Å². The monoisotopic (exact) mass is 436 g/mol. The van der Waals surface area contributed by atoms with Gasteiger partial charge in [-0.3, -0.25) is 25.2 Å². The molecule has 2 N–H and O–H groups in total. The van der Waals surface area contributed by atoms with E-state index >= 15 is 0 Å². The summed E-state index contributed by atoms with van der Waals surface area (Å²) in [6, 6.07) is 14.3. The predicted octanol–water partition coefficient (Wildman–Crippen LogP) is 2.99. The number of carbonyl (C=O) groups excluding carboxylic acids is 2. The standard InChI is InChI=1S/C24H28N4O4/c1-3-4-7-16-28-24(31)20-9-6-5-8-19(20)22(27-28)23(30)26-25-21(29)15-12-17-10-13-18(32-2)14-11-17/h5-6,8-11,13-14H,3-4,7,12,15-16H2,1-2H3,(H,25,29)(H,26,30). The van der Waals surface area contributed by atoms with Crippen LogP contribution in [0.1, 0.15) is 48.7 Å². The van der Waals surface area contributed by atoms with Gasteiger partial charge in [0.25, 0.3) is 11.5 Å². The van der Waals surface area contributed by atoms with E-state index in [0.29, 0.717) is 23.7 Å². The van der Waals surface area contributed by atoms with E-state index in [0.717, 1.165) is 30.6 Å². The maximum Gasteiger partial charge on any atom is 0.290 e. The van der Waals surface area contributed by atoms with Crippen molar-refractivity contribution in [2.24, 2.45) is 0 Å². The second-order valence-electron chi connectivity index (χ2n) is 7.48. The summed E-state index contributed by atoms with van der Waals surface area (Å²) in [4.78, 5) is 37.7. The van der Waals surface area contributed by atoms with Crippen LogP contribution in [0.3, 0.4) is 0 Å². The van der Waals surface area contributed by atoms with Gasteiger partial charge in [-0.2, -0.15) is 5.10 Å². The van der Waals surface area contributed by atoms with E-state index in [-0.39, 0.29) is 23.6 Å². The molecule has 0 unspecified atom stereocenters. The molecule has 1 aromatic heterocycles. The van der Waals surface area contributed by atoms with E-state index < -0.39 is 5.91 Å². The molecule has 2 amide bonds. The summed E-state index contributed by atoms with van der Waals surface area (Å²) in [5.74, 6) is -0.140. The number of aryl methyl sites for hydroxylation is 2. The first-order valence-corrected chi connectivity index (χ1v) is 10.8. The number of fused-ring (bicyclic) bond motifs is 1. The molecule has 3 rings (SSSR count). The van der Waals surface area contributed by atoms with Gasteiger partial charge >= 0.3 is 0 Å². The Morgan fingerprint density at radius 1 is 1.00 bits per heavy atom. The van der Waals surface area contributed by atoms with Crippen LogP contribution in [0, 0.1) is 0 Å². The molecule has 0 aliphatic carbocycles. The highest BCUT2D eigenvalue weighted by molar-refractivity contribution is 6.05. The number of rotatable bonds is 9. The Hall–Kier alpha value is -3.68. The number of methoxy groups -OCH3 is 1. The van der Waals surface area contributed by atoms with Gasteiger partial charge in [-0.25, -0.2) is 4.68 Å².